The predicted octanol–water partition coefficient (Wildman–Crippen LogP) is 4.69. The van der Waals surface area contributed by atoms with Gasteiger partial charge in [-0.1, -0.05) is 55.4 Å². The molecule has 120 valence electrons. The van der Waals surface area contributed by atoms with Crippen LogP contribution >= 0.6 is 0 Å². The molecule has 0 saturated carbocycles. The molecule has 0 aromatic rings. The largest absolute Gasteiger partial charge is 0.392 e. The van der Waals surface area contributed by atoms with E-state index in [9.17, 15) is 9.90 Å². The first kappa shape index (κ1) is 18.4. The average molecular weight is 300 g/mol. The summed E-state index contributed by atoms with van der Waals surface area (Å²) in [4.78, 5) is 10.3. The number of carbonyl (C=O) groups excluding carboxylic acids is 1. The summed E-state index contributed by atoms with van der Waals surface area (Å²) in [5.74, 6) is 0. The molecular weight excluding hydrogens is 272 g/mol. The Labute approximate surface area is 134 Å². The Morgan fingerprint density at radius 3 is 2.45 bits per heavy atom. The van der Waals surface area contributed by atoms with Crippen LogP contribution in [0.15, 0.2) is 58.7 Å². The first-order chi connectivity index (χ1) is 10.3. The quantitative estimate of drug-likeness (QED) is 0.454. The number of carbonyl (C=O) groups is 1. The molecule has 0 aromatic heterocycles. The molecule has 0 heterocycles. The number of aliphatic hydroxyl groups excluding tert-OH is 1. The van der Waals surface area contributed by atoms with Crippen LogP contribution in [0, 0.1) is 5.41 Å². The molecule has 0 saturated heterocycles. The summed E-state index contributed by atoms with van der Waals surface area (Å²) >= 11 is 0. The second kappa shape index (κ2) is 8.09. The van der Waals surface area contributed by atoms with Crippen molar-refractivity contribution in [3.63, 3.8) is 0 Å². The van der Waals surface area contributed by atoms with E-state index < -0.39 is 0 Å². The van der Waals surface area contributed by atoms with Crippen LogP contribution in [0.4, 0.5) is 0 Å². The van der Waals surface area contributed by atoms with Crippen LogP contribution in [0.2, 0.25) is 0 Å². The Balaban J connectivity index is 2.86. The SMILES string of the molecule is CC1=C(/C=C/C(C)=C/C=C\C(C)=C\C=O)C(C)(C)C(O)CC1. The van der Waals surface area contributed by atoms with E-state index in [-0.39, 0.29) is 11.5 Å². The lowest BCUT2D eigenvalue weighted by molar-refractivity contribution is -0.104. The van der Waals surface area contributed by atoms with Gasteiger partial charge in [-0.2, -0.15) is 0 Å². The van der Waals surface area contributed by atoms with E-state index in [1.807, 2.05) is 32.1 Å². The molecule has 0 fully saturated rings. The minimum absolute atomic E-state index is 0.196. The first-order valence-electron chi connectivity index (χ1n) is 7.82. The first-order valence-corrected chi connectivity index (χ1v) is 7.82. The lowest BCUT2D eigenvalue weighted by Gasteiger charge is -2.37. The van der Waals surface area contributed by atoms with Gasteiger partial charge >= 0.3 is 0 Å². The Hall–Kier alpha value is -1.67. The van der Waals surface area contributed by atoms with Crippen LogP contribution in [-0.2, 0) is 4.79 Å². The molecule has 1 unspecified atom stereocenters. The molecule has 0 aliphatic heterocycles. The second-order valence-corrected chi connectivity index (χ2v) is 6.62. The third kappa shape index (κ3) is 4.96. The normalized spacial score (nSPS) is 23.6. The fraction of sp³-hybridized carbons (Fsp3) is 0.450. The van der Waals surface area contributed by atoms with Gasteiger partial charge < -0.3 is 5.11 Å². The van der Waals surface area contributed by atoms with Crippen LogP contribution in [0.5, 0.6) is 0 Å². The molecule has 1 aliphatic carbocycles. The Bertz CT molecular complexity index is 554. The number of hydrogen-bond acceptors (Lipinski definition) is 2. The zero-order valence-electron chi connectivity index (χ0n) is 14.4. The lowest BCUT2D eigenvalue weighted by atomic mass is 9.70. The van der Waals surface area contributed by atoms with Gasteiger partial charge in [0.05, 0.1) is 6.10 Å². The molecule has 22 heavy (non-hydrogen) atoms. The van der Waals surface area contributed by atoms with E-state index in [1.165, 1.54) is 17.2 Å². The molecular formula is C20H28O2. The minimum atomic E-state index is -0.281. The molecule has 0 spiro atoms. The third-order valence-corrected chi connectivity index (χ3v) is 4.34. The van der Waals surface area contributed by atoms with Crippen molar-refractivity contribution < 1.29 is 9.90 Å². The van der Waals surface area contributed by atoms with Crippen LogP contribution < -0.4 is 0 Å². The highest BCUT2D eigenvalue weighted by Crippen LogP contribution is 2.41. The smallest absolute Gasteiger partial charge is 0.143 e. The highest BCUT2D eigenvalue weighted by Gasteiger charge is 2.34. The van der Waals surface area contributed by atoms with Gasteiger partial charge in [0.25, 0.3) is 0 Å². The van der Waals surface area contributed by atoms with Crippen molar-refractivity contribution in [2.45, 2.75) is 53.6 Å². The molecule has 1 rings (SSSR count). The molecule has 0 aromatic carbocycles. The molecule has 1 aliphatic rings. The number of allylic oxidation sites excluding steroid dienone is 9. The van der Waals surface area contributed by atoms with Gasteiger partial charge in [0.1, 0.15) is 6.29 Å². The van der Waals surface area contributed by atoms with E-state index in [0.717, 1.165) is 30.3 Å². The van der Waals surface area contributed by atoms with Crippen LogP contribution in [0.3, 0.4) is 0 Å². The van der Waals surface area contributed by atoms with Gasteiger partial charge in [-0.25, -0.2) is 0 Å². The average Bonchev–Trinajstić information content (AvgIpc) is 2.43. The van der Waals surface area contributed by atoms with E-state index >= 15 is 0 Å². The highest BCUT2D eigenvalue weighted by molar-refractivity contribution is 5.66. The molecule has 1 N–H and O–H groups in total. The van der Waals surface area contributed by atoms with E-state index in [1.54, 1.807) is 0 Å². The van der Waals surface area contributed by atoms with Crippen molar-refractivity contribution in [1.29, 1.82) is 0 Å². The van der Waals surface area contributed by atoms with Crippen molar-refractivity contribution >= 4 is 6.29 Å². The van der Waals surface area contributed by atoms with Gasteiger partial charge in [-0.05, 0) is 50.8 Å². The lowest BCUT2D eigenvalue weighted by Crippen LogP contribution is -2.34. The van der Waals surface area contributed by atoms with Gasteiger partial charge in [0.15, 0.2) is 0 Å². The molecule has 1 atom stereocenters. The Morgan fingerprint density at radius 1 is 1.18 bits per heavy atom. The zero-order chi connectivity index (χ0) is 16.8. The Kier molecular flexibility index (Phi) is 6.76. The number of hydrogen-bond donors (Lipinski definition) is 1. The van der Waals surface area contributed by atoms with Crippen molar-refractivity contribution in [3.8, 4) is 0 Å². The van der Waals surface area contributed by atoms with Crippen molar-refractivity contribution in [2.24, 2.45) is 5.41 Å². The van der Waals surface area contributed by atoms with Crippen molar-refractivity contribution in [3.05, 3.63) is 58.7 Å². The summed E-state index contributed by atoms with van der Waals surface area (Å²) in [7, 11) is 0. The van der Waals surface area contributed by atoms with Gasteiger partial charge in [-0.3, -0.25) is 4.79 Å². The molecule has 0 radical (unpaired) electrons. The maximum absolute atomic E-state index is 10.3. The molecule has 0 amide bonds. The predicted molar refractivity (Wildman–Crippen MR) is 93.6 cm³/mol. The van der Waals surface area contributed by atoms with Crippen LogP contribution in [-0.4, -0.2) is 17.5 Å². The second-order valence-electron chi connectivity index (χ2n) is 6.62. The fourth-order valence-electron chi connectivity index (χ4n) is 2.72. The molecule has 0 bridgehead atoms. The van der Waals surface area contributed by atoms with Gasteiger partial charge in [0.2, 0.25) is 0 Å². The maximum atomic E-state index is 10.3. The Morgan fingerprint density at radius 2 is 1.82 bits per heavy atom. The zero-order valence-corrected chi connectivity index (χ0v) is 14.4. The maximum Gasteiger partial charge on any atom is 0.143 e. The minimum Gasteiger partial charge on any atom is -0.392 e. The van der Waals surface area contributed by atoms with Crippen LogP contribution in [0.25, 0.3) is 0 Å². The summed E-state index contributed by atoms with van der Waals surface area (Å²) in [6, 6.07) is 0. The van der Waals surface area contributed by atoms with Crippen molar-refractivity contribution in [1.82, 2.24) is 0 Å². The third-order valence-electron chi connectivity index (χ3n) is 4.34. The summed E-state index contributed by atoms with van der Waals surface area (Å²) in [6.45, 7) is 10.3. The van der Waals surface area contributed by atoms with E-state index in [2.05, 4.69) is 32.9 Å². The number of aldehydes is 1. The summed E-state index contributed by atoms with van der Waals surface area (Å²) in [5, 5.41) is 10.2. The van der Waals surface area contributed by atoms with Gasteiger partial charge in [0, 0.05) is 5.41 Å². The summed E-state index contributed by atoms with van der Waals surface area (Å²) < 4.78 is 0. The number of aliphatic hydroxyl groups is 1. The van der Waals surface area contributed by atoms with E-state index in [0.29, 0.717) is 0 Å². The fourth-order valence-corrected chi connectivity index (χ4v) is 2.72. The number of rotatable bonds is 5. The summed E-state index contributed by atoms with van der Waals surface area (Å²) in [6.07, 6.45) is 13.9. The molecule has 2 nitrogen and oxygen atoms in total. The molecule has 2 heteroatoms. The standard InChI is InChI=1S/C20H28O2/c1-15(7-6-8-16(2)13-14-21)9-11-18-17(3)10-12-19(22)20(18,4)5/h6-9,11,13-14,19,22H,10,12H2,1-5H3/b8-6-,11-9+,15-7+,16-13+. The highest BCUT2D eigenvalue weighted by atomic mass is 16.3. The van der Waals surface area contributed by atoms with Crippen molar-refractivity contribution in [2.75, 3.05) is 0 Å². The summed E-state index contributed by atoms with van der Waals surface area (Å²) in [5.41, 5.74) is 4.46. The van der Waals surface area contributed by atoms with E-state index in [4.69, 9.17) is 0 Å². The van der Waals surface area contributed by atoms with Crippen LogP contribution in [0.1, 0.15) is 47.5 Å². The monoisotopic (exact) mass is 300 g/mol. The van der Waals surface area contributed by atoms with Gasteiger partial charge in [-0.15, -0.1) is 0 Å². The topological polar surface area (TPSA) is 37.3 Å².